The van der Waals surface area contributed by atoms with Gasteiger partial charge in [-0.1, -0.05) is 24.6 Å². The molecule has 0 saturated carbocycles. The lowest BCUT2D eigenvalue weighted by molar-refractivity contribution is 0.356. The summed E-state index contributed by atoms with van der Waals surface area (Å²) in [7, 11) is 0. The maximum atomic E-state index is 13.6. The lowest BCUT2D eigenvalue weighted by Crippen LogP contribution is -2.27. The zero-order valence-corrected chi connectivity index (χ0v) is 11.3. The van der Waals surface area contributed by atoms with E-state index in [1.807, 2.05) is 6.92 Å². The van der Waals surface area contributed by atoms with Crippen LogP contribution >= 0.6 is 34.8 Å². The molecule has 0 fully saturated rings. The number of halogens is 4. The number of benzene rings is 1. The van der Waals surface area contributed by atoms with Crippen molar-refractivity contribution in [3.63, 3.8) is 0 Å². The van der Waals surface area contributed by atoms with Gasteiger partial charge in [0.15, 0.2) is 0 Å². The molecule has 0 aromatic heterocycles. The minimum absolute atomic E-state index is 0.238. The maximum Gasteiger partial charge on any atom is 0.127 e. The zero-order valence-electron chi connectivity index (χ0n) is 9.07. The molecular weight excluding hydrogens is 269 g/mol. The molecule has 1 rings (SSSR count). The largest absolute Gasteiger partial charge is 0.207 e. The molecule has 0 aliphatic carbocycles. The van der Waals surface area contributed by atoms with E-state index >= 15 is 0 Å². The van der Waals surface area contributed by atoms with E-state index in [0.717, 1.165) is 6.42 Å². The van der Waals surface area contributed by atoms with Crippen LogP contribution in [0.1, 0.15) is 18.9 Å². The van der Waals surface area contributed by atoms with Crippen molar-refractivity contribution in [2.75, 3.05) is 11.8 Å². The van der Waals surface area contributed by atoms with E-state index in [4.69, 9.17) is 34.8 Å². The van der Waals surface area contributed by atoms with E-state index < -0.39 is 0 Å². The summed E-state index contributed by atoms with van der Waals surface area (Å²) in [4.78, 5) is 0. The molecule has 0 nitrogen and oxygen atoms in total. The number of hydrogen-bond donors (Lipinski definition) is 0. The van der Waals surface area contributed by atoms with Crippen LogP contribution in [0.5, 0.6) is 0 Å². The minimum atomic E-state index is -0.291. The Kier molecular flexibility index (Phi) is 5.36. The number of hydrogen-bond acceptors (Lipinski definition) is 0. The number of alkyl halides is 2. The molecule has 1 aromatic rings. The van der Waals surface area contributed by atoms with Crippen molar-refractivity contribution in [3.05, 3.63) is 34.6 Å². The highest BCUT2D eigenvalue weighted by Crippen LogP contribution is 2.31. The molecule has 0 amide bonds. The molecule has 90 valence electrons. The third-order valence-corrected chi connectivity index (χ3v) is 4.27. The van der Waals surface area contributed by atoms with E-state index in [-0.39, 0.29) is 11.2 Å². The van der Waals surface area contributed by atoms with Gasteiger partial charge in [-0.15, -0.1) is 23.2 Å². The summed E-state index contributed by atoms with van der Waals surface area (Å²) in [6, 6.07) is 4.70. The lowest BCUT2D eigenvalue weighted by atomic mass is 9.83. The van der Waals surface area contributed by atoms with Gasteiger partial charge in [-0.25, -0.2) is 4.39 Å². The molecular formula is C12H14Cl3F. The van der Waals surface area contributed by atoms with Crippen molar-refractivity contribution in [1.29, 1.82) is 0 Å². The van der Waals surface area contributed by atoms with Crippen LogP contribution in [0.25, 0.3) is 0 Å². The van der Waals surface area contributed by atoms with Gasteiger partial charge in [-0.05, 0) is 30.5 Å². The Bertz CT molecular complexity index is 340. The Morgan fingerprint density at radius 1 is 1.25 bits per heavy atom. The van der Waals surface area contributed by atoms with Crippen molar-refractivity contribution in [3.8, 4) is 0 Å². The van der Waals surface area contributed by atoms with Gasteiger partial charge in [-0.2, -0.15) is 0 Å². The van der Waals surface area contributed by atoms with Crippen molar-refractivity contribution >= 4 is 34.8 Å². The first kappa shape index (κ1) is 14.1. The summed E-state index contributed by atoms with van der Waals surface area (Å²) in [5.74, 6) is 0.560. The average molecular weight is 284 g/mol. The second-order valence-corrected chi connectivity index (χ2v) is 5.00. The first-order valence-electron chi connectivity index (χ1n) is 5.13. The molecule has 0 N–H and O–H groups in total. The SMILES string of the molecule is CCC(CCl)(CCl)Cc1ccc(Cl)cc1F. The quantitative estimate of drug-likeness (QED) is 0.675. The molecule has 0 bridgehead atoms. The highest BCUT2D eigenvalue weighted by Gasteiger charge is 2.27. The third kappa shape index (κ3) is 3.26. The van der Waals surface area contributed by atoms with Crippen LogP contribution in [0.2, 0.25) is 5.02 Å². The van der Waals surface area contributed by atoms with Crippen molar-refractivity contribution in [2.24, 2.45) is 5.41 Å². The van der Waals surface area contributed by atoms with Crippen LogP contribution in [0.4, 0.5) is 4.39 Å². The van der Waals surface area contributed by atoms with Gasteiger partial charge in [0.05, 0.1) is 0 Å². The van der Waals surface area contributed by atoms with E-state index in [2.05, 4.69) is 0 Å². The molecule has 0 radical (unpaired) electrons. The molecule has 0 spiro atoms. The fourth-order valence-corrected chi connectivity index (χ4v) is 2.52. The fourth-order valence-electron chi connectivity index (χ4n) is 1.51. The van der Waals surface area contributed by atoms with E-state index in [1.54, 1.807) is 12.1 Å². The minimum Gasteiger partial charge on any atom is -0.207 e. The molecule has 0 aliphatic heterocycles. The van der Waals surface area contributed by atoms with Crippen molar-refractivity contribution in [2.45, 2.75) is 19.8 Å². The van der Waals surface area contributed by atoms with E-state index in [1.165, 1.54) is 6.07 Å². The molecule has 0 aliphatic rings. The molecule has 0 heterocycles. The number of rotatable bonds is 5. The second-order valence-electron chi connectivity index (χ2n) is 4.03. The molecule has 1 aromatic carbocycles. The predicted molar refractivity (Wildman–Crippen MR) is 69.3 cm³/mol. The van der Waals surface area contributed by atoms with Gasteiger partial charge in [0, 0.05) is 22.2 Å². The normalized spacial score (nSPS) is 11.8. The Morgan fingerprint density at radius 3 is 2.31 bits per heavy atom. The predicted octanol–water partition coefficient (Wildman–Crippen LogP) is 4.90. The van der Waals surface area contributed by atoms with Crippen LogP contribution in [-0.2, 0) is 6.42 Å². The average Bonchev–Trinajstić information content (AvgIpc) is 2.29. The molecule has 0 saturated heterocycles. The summed E-state index contributed by atoms with van der Waals surface area (Å²) < 4.78 is 13.6. The van der Waals surface area contributed by atoms with Gasteiger partial charge in [0.25, 0.3) is 0 Å². The highest BCUT2D eigenvalue weighted by molar-refractivity contribution is 6.30. The molecule has 16 heavy (non-hydrogen) atoms. The van der Waals surface area contributed by atoms with Gasteiger partial charge < -0.3 is 0 Å². The van der Waals surface area contributed by atoms with Gasteiger partial charge in [0.2, 0.25) is 0 Å². The molecule has 0 atom stereocenters. The van der Waals surface area contributed by atoms with Crippen LogP contribution < -0.4 is 0 Å². The lowest BCUT2D eigenvalue weighted by Gasteiger charge is -2.28. The van der Waals surface area contributed by atoms with Gasteiger partial charge in [-0.3, -0.25) is 0 Å². The monoisotopic (exact) mass is 282 g/mol. The summed E-state index contributed by atoms with van der Waals surface area (Å²) in [6.07, 6.45) is 1.36. The Balaban J connectivity index is 2.93. The summed E-state index contributed by atoms with van der Waals surface area (Å²) in [6.45, 7) is 2.01. The topological polar surface area (TPSA) is 0 Å². The first-order chi connectivity index (χ1) is 7.56. The van der Waals surface area contributed by atoms with Crippen LogP contribution in [-0.4, -0.2) is 11.8 Å². The van der Waals surface area contributed by atoms with E-state index in [9.17, 15) is 4.39 Å². The fraction of sp³-hybridized carbons (Fsp3) is 0.500. The first-order valence-corrected chi connectivity index (χ1v) is 6.57. The highest BCUT2D eigenvalue weighted by atomic mass is 35.5. The van der Waals surface area contributed by atoms with Crippen molar-refractivity contribution in [1.82, 2.24) is 0 Å². The van der Waals surface area contributed by atoms with Crippen LogP contribution in [0.3, 0.4) is 0 Å². The van der Waals surface area contributed by atoms with Crippen LogP contribution in [0, 0.1) is 11.2 Å². The smallest absolute Gasteiger partial charge is 0.127 e. The van der Waals surface area contributed by atoms with Gasteiger partial charge in [0.1, 0.15) is 5.82 Å². The van der Waals surface area contributed by atoms with Gasteiger partial charge >= 0.3 is 0 Å². The van der Waals surface area contributed by atoms with Crippen molar-refractivity contribution < 1.29 is 4.39 Å². The Hall–Kier alpha value is 0.0200. The maximum absolute atomic E-state index is 13.6. The van der Waals surface area contributed by atoms with Crippen LogP contribution in [0.15, 0.2) is 18.2 Å². The van der Waals surface area contributed by atoms with E-state index in [0.29, 0.717) is 28.8 Å². The Morgan fingerprint density at radius 2 is 1.88 bits per heavy atom. The Labute approximate surface area is 111 Å². The zero-order chi connectivity index (χ0) is 12.2. The molecule has 0 unspecified atom stereocenters. The summed E-state index contributed by atoms with van der Waals surface area (Å²) in [5.41, 5.74) is 0.380. The standard InChI is InChI=1S/C12H14Cl3F/c1-2-12(7-13,8-14)6-9-3-4-10(15)5-11(9)16/h3-5H,2,6-8H2,1H3. The summed E-state index contributed by atoms with van der Waals surface area (Å²) in [5, 5.41) is 0.403. The third-order valence-electron chi connectivity index (χ3n) is 2.90. The summed E-state index contributed by atoms with van der Waals surface area (Å²) >= 11 is 17.5. The second kappa shape index (κ2) is 6.09. The molecule has 4 heteroatoms.